The zero-order valence-corrected chi connectivity index (χ0v) is 11.4. The number of nitrogens with zero attached hydrogens (tertiary/aromatic N) is 2. The molecule has 3 aromatic rings. The number of thiophene rings is 1. The molecule has 90 valence electrons. The van der Waals surface area contributed by atoms with Gasteiger partial charge in [0.2, 0.25) is 0 Å². The van der Waals surface area contributed by atoms with Gasteiger partial charge in [0.1, 0.15) is 5.69 Å². The SMILES string of the molecule is O=C(O)c1c(-c2ccsc2)nc2c(Br)cccn12. The van der Waals surface area contributed by atoms with E-state index in [9.17, 15) is 9.90 Å². The minimum Gasteiger partial charge on any atom is -0.476 e. The minimum atomic E-state index is -0.984. The number of hydrogen-bond donors (Lipinski definition) is 1. The number of halogens is 1. The Balaban J connectivity index is 2.41. The van der Waals surface area contributed by atoms with Crippen LogP contribution in [-0.2, 0) is 0 Å². The first-order chi connectivity index (χ1) is 8.68. The number of rotatable bonds is 2. The van der Waals surface area contributed by atoms with E-state index >= 15 is 0 Å². The second-order valence-corrected chi connectivity index (χ2v) is 5.31. The number of pyridine rings is 1. The summed E-state index contributed by atoms with van der Waals surface area (Å²) in [5, 5.41) is 13.2. The van der Waals surface area contributed by atoms with Crippen LogP contribution in [0.15, 0.2) is 39.6 Å². The third-order valence-electron chi connectivity index (χ3n) is 2.60. The maximum atomic E-state index is 11.4. The number of fused-ring (bicyclic) bond motifs is 1. The third kappa shape index (κ3) is 1.65. The van der Waals surface area contributed by atoms with E-state index in [4.69, 9.17) is 0 Å². The van der Waals surface area contributed by atoms with Crippen LogP contribution in [-0.4, -0.2) is 20.5 Å². The molecule has 4 nitrogen and oxygen atoms in total. The number of aromatic carboxylic acids is 1. The molecule has 6 heteroatoms. The highest BCUT2D eigenvalue weighted by molar-refractivity contribution is 9.10. The highest BCUT2D eigenvalue weighted by Crippen LogP contribution is 2.29. The summed E-state index contributed by atoms with van der Waals surface area (Å²) in [5.41, 5.74) is 2.12. The second-order valence-electron chi connectivity index (χ2n) is 3.68. The Morgan fingerprint density at radius 1 is 1.44 bits per heavy atom. The van der Waals surface area contributed by atoms with Gasteiger partial charge in [0.25, 0.3) is 0 Å². The van der Waals surface area contributed by atoms with Crippen molar-refractivity contribution >= 4 is 38.9 Å². The third-order valence-corrected chi connectivity index (χ3v) is 3.90. The van der Waals surface area contributed by atoms with Gasteiger partial charge in [0.15, 0.2) is 11.3 Å². The topological polar surface area (TPSA) is 54.6 Å². The van der Waals surface area contributed by atoms with Crippen molar-refractivity contribution in [3.05, 3.63) is 45.3 Å². The van der Waals surface area contributed by atoms with Gasteiger partial charge in [-0.2, -0.15) is 11.3 Å². The van der Waals surface area contributed by atoms with Gasteiger partial charge in [-0.05, 0) is 39.5 Å². The fraction of sp³-hybridized carbons (Fsp3) is 0. The van der Waals surface area contributed by atoms with E-state index in [0.29, 0.717) is 11.3 Å². The molecule has 18 heavy (non-hydrogen) atoms. The summed E-state index contributed by atoms with van der Waals surface area (Å²) in [6.45, 7) is 0. The predicted octanol–water partition coefficient (Wildman–Crippen LogP) is 3.52. The van der Waals surface area contributed by atoms with Gasteiger partial charge in [-0.1, -0.05) is 0 Å². The lowest BCUT2D eigenvalue weighted by molar-refractivity contribution is 0.0690. The van der Waals surface area contributed by atoms with Gasteiger partial charge >= 0.3 is 5.97 Å². The smallest absolute Gasteiger partial charge is 0.355 e. The molecule has 0 bridgehead atoms. The number of aromatic nitrogens is 2. The molecule has 3 rings (SSSR count). The minimum absolute atomic E-state index is 0.185. The van der Waals surface area contributed by atoms with Crippen molar-refractivity contribution in [3.63, 3.8) is 0 Å². The zero-order valence-electron chi connectivity index (χ0n) is 9.00. The van der Waals surface area contributed by atoms with Gasteiger partial charge in [-0.25, -0.2) is 9.78 Å². The Hall–Kier alpha value is -1.66. The van der Waals surface area contributed by atoms with Crippen LogP contribution in [0.2, 0.25) is 0 Å². The molecule has 3 heterocycles. The Morgan fingerprint density at radius 2 is 2.28 bits per heavy atom. The Kier molecular flexibility index (Phi) is 2.68. The van der Waals surface area contributed by atoms with Crippen LogP contribution >= 0.6 is 27.3 Å². The van der Waals surface area contributed by atoms with Crippen molar-refractivity contribution in [2.75, 3.05) is 0 Å². The fourth-order valence-corrected chi connectivity index (χ4v) is 2.91. The van der Waals surface area contributed by atoms with Gasteiger partial charge in [-0.3, -0.25) is 4.40 Å². The van der Waals surface area contributed by atoms with E-state index in [1.165, 1.54) is 11.3 Å². The van der Waals surface area contributed by atoms with Crippen molar-refractivity contribution in [3.8, 4) is 11.3 Å². The Bertz CT molecular complexity index is 734. The van der Waals surface area contributed by atoms with Gasteiger partial charge in [-0.15, -0.1) is 0 Å². The highest BCUT2D eigenvalue weighted by Gasteiger charge is 2.20. The summed E-state index contributed by atoms with van der Waals surface area (Å²) in [6, 6.07) is 5.49. The molecule has 1 N–H and O–H groups in total. The quantitative estimate of drug-likeness (QED) is 0.785. The van der Waals surface area contributed by atoms with E-state index in [2.05, 4.69) is 20.9 Å². The average molecular weight is 323 g/mol. The summed E-state index contributed by atoms with van der Waals surface area (Å²) in [6.07, 6.45) is 1.70. The molecule has 0 spiro atoms. The second kappa shape index (κ2) is 4.22. The molecule has 3 aromatic heterocycles. The predicted molar refractivity (Wildman–Crippen MR) is 73.2 cm³/mol. The van der Waals surface area contributed by atoms with Crippen molar-refractivity contribution in [1.29, 1.82) is 0 Å². The maximum Gasteiger partial charge on any atom is 0.355 e. The molecule has 0 unspecified atom stereocenters. The lowest BCUT2D eigenvalue weighted by atomic mass is 10.2. The van der Waals surface area contributed by atoms with E-state index in [0.717, 1.165) is 10.0 Å². The molecule has 0 radical (unpaired) electrons. The first-order valence-corrected chi connectivity index (χ1v) is 6.84. The summed E-state index contributed by atoms with van der Waals surface area (Å²) in [4.78, 5) is 15.8. The van der Waals surface area contributed by atoms with Crippen LogP contribution in [0.4, 0.5) is 0 Å². The average Bonchev–Trinajstić information content (AvgIpc) is 2.95. The molecule has 0 saturated heterocycles. The van der Waals surface area contributed by atoms with E-state index in [-0.39, 0.29) is 5.69 Å². The fourth-order valence-electron chi connectivity index (χ4n) is 1.84. The van der Waals surface area contributed by atoms with E-state index in [1.807, 2.05) is 22.9 Å². The largest absolute Gasteiger partial charge is 0.476 e. The number of carbonyl (C=O) groups is 1. The van der Waals surface area contributed by atoms with E-state index < -0.39 is 5.97 Å². The van der Waals surface area contributed by atoms with Crippen LogP contribution in [0.1, 0.15) is 10.5 Å². The molecular formula is C12H7BrN2O2S. The van der Waals surface area contributed by atoms with Crippen molar-refractivity contribution in [1.82, 2.24) is 9.38 Å². The van der Waals surface area contributed by atoms with Crippen LogP contribution in [0.5, 0.6) is 0 Å². The zero-order chi connectivity index (χ0) is 12.7. The highest BCUT2D eigenvalue weighted by atomic mass is 79.9. The van der Waals surface area contributed by atoms with Crippen LogP contribution in [0, 0.1) is 0 Å². The summed E-state index contributed by atoms with van der Waals surface area (Å²) in [5.74, 6) is -0.984. The normalized spacial score (nSPS) is 10.9. The molecule has 0 aliphatic carbocycles. The summed E-state index contributed by atoms with van der Waals surface area (Å²) >= 11 is 4.90. The van der Waals surface area contributed by atoms with Crippen LogP contribution in [0.25, 0.3) is 16.9 Å². The first-order valence-electron chi connectivity index (χ1n) is 5.11. The lowest BCUT2D eigenvalue weighted by Crippen LogP contribution is -2.03. The van der Waals surface area contributed by atoms with Crippen LogP contribution < -0.4 is 0 Å². The van der Waals surface area contributed by atoms with Crippen LogP contribution in [0.3, 0.4) is 0 Å². The summed E-state index contributed by atoms with van der Waals surface area (Å²) < 4.78 is 2.35. The van der Waals surface area contributed by atoms with Crippen molar-refractivity contribution in [2.24, 2.45) is 0 Å². The van der Waals surface area contributed by atoms with E-state index in [1.54, 1.807) is 16.7 Å². The molecule has 0 fully saturated rings. The number of imidazole rings is 1. The van der Waals surface area contributed by atoms with Crippen molar-refractivity contribution < 1.29 is 9.90 Å². The molecule has 0 aromatic carbocycles. The molecule has 0 saturated carbocycles. The molecule has 0 aliphatic heterocycles. The number of carboxylic acid groups (broad SMARTS) is 1. The number of carboxylic acids is 1. The monoisotopic (exact) mass is 322 g/mol. The van der Waals surface area contributed by atoms with Gasteiger partial charge in [0, 0.05) is 17.1 Å². The summed E-state index contributed by atoms with van der Waals surface area (Å²) in [7, 11) is 0. The first kappa shape index (κ1) is 11.4. The van der Waals surface area contributed by atoms with Gasteiger partial charge in [0.05, 0.1) is 4.47 Å². The molecule has 0 amide bonds. The van der Waals surface area contributed by atoms with Gasteiger partial charge < -0.3 is 5.11 Å². The molecule has 0 atom stereocenters. The Labute approximate surface area is 115 Å². The number of hydrogen-bond acceptors (Lipinski definition) is 3. The maximum absolute atomic E-state index is 11.4. The molecular weight excluding hydrogens is 316 g/mol. The standard InChI is InChI=1S/C12H7BrN2O2S/c13-8-2-1-4-15-10(12(16)17)9(14-11(8)15)7-3-5-18-6-7/h1-6H,(H,16,17). The Morgan fingerprint density at radius 3 is 2.94 bits per heavy atom. The van der Waals surface area contributed by atoms with Crippen molar-refractivity contribution in [2.45, 2.75) is 0 Å². The molecule has 0 aliphatic rings. The lowest BCUT2D eigenvalue weighted by Gasteiger charge is -1.98.